The Labute approximate surface area is 132 Å². The Kier molecular flexibility index (Phi) is 5.21. The quantitative estimate of drug-likeness (QED) is 0.516. The molecule has 112 valence electrons. The number of nitrogens with zero attached hydrogens (tertiary/aromatic N) is 3. The first kappa shape index (κ1) is 15.7. The summed E-state index contributed by atoms with van der Waals surface area (Å²) in [4.78, 5) is 16.0. The van der Waals surface area contributed by atoms with Crippen molar-refractivity contribution in [2.24, 2.45) is 10.3 Å². The number of carbonyl (C=O) groups excluding carboxylic acids is 1. The largest absolute Gasteiger partial charge is 0.411 e. The van der Waals surface area contributed by atoms with Gasteiger partial charge in [-0.3, -0.25) is 9.78 Å². The van der Waals surface area contributed by atoms with Gasteiger partial charge in [0.05, 0.1) is 11.8 Å². The van der Waals surface area contributed by atoms with Crippen molar-refractivity contribution in [2.75, 3.05) is 0 Å². The predicted molar refractivity (Wildman–Crippen MR) is 84.7 cm³/mol. The second-order valence-corrected chi connectivity index (χ2v) is 4.82. The zero-order valence-electron chi connectivity index (χ0n) is 11.7. The maximum Gasteiger partial charge on any atom is 0.273 e. The van der Waals surface area contributed by atoms with E-state index in [1.54, 1.807) is 43.5 Å². The monoisotopic (exact) mass is 316 g/mol. The molecule has 0 fully saturated rings. The summed E-state index contributed by atoms with van der Waals surface area (Å²) in [6, 6.07) is 8.53. The first-order valence-corrected chi connectivity index (χ1v) is 6.71. The summed E-state index contributed by atoms with van der Waals surface area (Å²) in [6.45, 7) is 1.80. The van der Waals surface area contributed by atoms with E-state index in [1.807, 2.05) is 0 Å². The van der Waals surface area contributed by atoms with Crippen molar-refractivity contribution in [3.05, 3.63) is 64.4 Å². The summed E-state index contributed by atoms with van der Waals surface area (Å²) in [5.74, 6) is -0.406. The lowest BCUT2D eigenvalue weighted by atomic mass is 10.1. The van der Waals surface area contributed by atoms with Crippen LogP contribution in [-0.4, -0.2) is 28.0 Å². The van der Waals surface area contributed by atoms with Crippen LogP contribution in [0.2, 0.25) is 5.02 Å². The van der Waals surface area contributed by atoms with Gasteiger partial charge in [-0.1, -0.05) is 28.9 Å². The SMILES string of the molecule is Cc1ccncc1C(=O)NN=C(C=NO)c1cccc(Cl)c1. The number of hydrazone groups is 1. The summed E-state index contributed by atoms with van der Waals surface area (Å²) in [5, 5.41) is 16.1. The molecule has 0 bridgehead atoms. The van der Waals surface area contributed by atoms with E-state index in [9.17, 15) is 4.79 Å². The molecule has 2 N–H and O–H groups in total. The molecule has 0 atom stereocenters. The second-order valence-electron chi connectivity index (χ2n) is 4.38. The fourth-order valence-corrected chi connectivity index (χ4v) is 1.93. The molecule has 0 aliphatic carbocycles. The van der Waals surface area contributed by atoms with Gasteiger partial charge < -0.3 is 5.21 Å². The van der Waals surface area contributed by atoms with Crippen molar-refractivity contribution in [1.82, 2.24) is 10.4 Å². The number of carbonyl (C=O) groups is 1. The number of rotatable bonds is 4. The van der Waals surface area contributed by atoms with Crippen molar-refractivity contribution in [1.29, 1.82) is 0 Å². The first-order chi connectivity index (χ1) is 10.6. The minimum Gasteiger partial charge on any atom is -0.411 e. The van der Waals surface area contributed by atoms with E-state index in [-0.39, 0.29) is 5.71 Å². The number of oxime groups is 1. The van der Waals surface area contributed by atoms with E-state index in [0.717, 1.165) is 11.8 Å². The molecule has 0 aliphatic rings. The zero-order chi connectivity index (χ0) is 15.9. The van der Waals surface area contributed by atoms with Crippen LogP contribution in [0.25, 0.3) is 0 Å². The highest BCUT2D eigenvalue weighted by Crippen LogP contribution is 2.11. The average molecular weight is 317 g/mol. The fraction of sp³-hybridized carbons (Fsp3) is 0.0667. The fourth-order valence-electron chi connectivity index (χ4n) is 1.74. The Morgan fingerprint density at radius 1 is 1.41 bits per heavy atom. The van der Waals surface area contributed by atoms with Gasteiger partial charge in [-0.25, -0.2) is 5.43 Å². The molecule has 1 amide bonds. The van der Waals surface area contributed by atoms with E-state index in [4.69, 9.17) is 16.8 Å². The van der Waals surface area contributed by atoms with Crippen molar-refractivity contribution in [3.8, 4) is 0 Å². The number of nitrogens with one attached hydrogen (secondary N) is 1. The lowest BCUT2D eigenvalue weighted by Crippen LogP contribution is -2.21. The summed E-state index contributed by atoms with van der Waals surface area (Å²) < 4.78 is 0. The maximum absolute atomic E-state index is 12.1. The van der Waals surface area contributed by atoms with Crippen LogP contribution >= 0.6 is 11.6 Å². The molecule has 0 saturated heterocycles. The standard InChI is InChI=1S/C15H13ClN4O2/c1-10-5-6-17-8-13(10)15(21)20-19-14(9-18-22)11-3-2-4-12(16)7-11/h2-9,22H,1H3,(H,20,21). The van der Waals surface area contributed by atoms with E-state index in [2.05, 4.69) is 20.7 Å². The Morgan fingerprint density at radius 3 is 2.91 bits per heavy atom. The Morgan fingerprint density at radius 2 is 2.23 bits per heavy atom. The van der Waals surface area contributed by atoms with Gasteiger partial charge in [-0.05, 0) is 30.7 Å². The Hall–Kier alpha value is -2.73. The highest BCUT2D eigenvalue weighted by atomic mass is 35.5. The van der Waals surface area contributed by atoms with Crippen molar-refractivity contribution >= 4 is 29.4 Å². The van der Waals surface area contributed by atoms with Crippen LogP contribution in [0.3, 0.4) is 0 Å². The normalized spacial score (nSPS) is 11.6. The summed E-state index contributed by atoms with van der Waals surface area (Å²) in [5.41, 5.74) is 4.47. The van der Waals surface area contributed by atoms with E-state index in [0.29, 0.717) is 16.1 Å². The Balaban J connectivity index is 2.25. The van der Waals surface area contributed by atoms with Gasteiger partial charge in [0, 0.05) is 23.0 Å². The molecule has 0 spiro atoms. The van der Waals surface area contributed by atoms with Crippen LogP contribution in [0.1, 0.15) is 21.5 Å². The number of amides is 1. The van der Waals surface area contributed by atoms with Crippen molar-refractivity contribution in [3.63, 3.8) is 0 Å². The van der Waals surface area contributed by atoms with Crippen molar-refractivity contribution in [2.45, 2.75) is 6.92 Å². The third-order valence-corrected chi connectivity index (χ3v) is 3.10. The van der Waals surface area contributed by atoms with Gasteiger partial charge in [0.15, 0.2) is 0 Å². The highest BCUT2D eigenvalue weighted by molar-refractivity contribution is 6.39. The summed E-state index contributed by atoms with van der Waals surface area (Å²) in [6.07, 6.45) is 4.17. The van der Waals surface area contributed by atoms with E-state index < -0.39 is 5.91 Å². The molecule has 22 heavy (non-hydrogen) atoms. The molecule has 0 unspecified atom stereocenters. The molecule has 0 aliphatic heterocycles. The predicted octanol–water partition coefficient (Wildman–Crippen LogP) is 2.64. The number of hydrogen-bond donors (Lipinski definition) is 2. The molecule has 2 aromatic rings. The molecular weight excluding hydrogens is 304 g/mol. The minimum absolute atomic E-state index is 0.264. The molecule has 2 rings (SSSR count). The lowest BCUT2D eigenvalue weighted by Gasteiger charge is -2.05. The van der Waals surface area contributed by atoms with Crippen LogP contribution in [-0.2, 0) is 0 Å². The lowest BCUT2D eigenvalue weighted by molar-refractivity contribution is 0.0954. The van der Waals surface area contributed by atoms with Gasteiger partial charge in [-0.2, -0.15) is 5.10 Å². The summed E-state index contributed by atoms with van der Waals surface area (Å²) >= 11 is 5.91. The number of pyridine rings is 1. The van der Waals surface area contributed by atoms with Crippen LogP contribution in [0.4, 0.5) is 0 Å². The van der Waals surface area contributed by atoms with E-state index in [1.165, 1.54) is 6.20 Å². The second kappa shape index (κ2) is 7.33. The smallest absolute Gasteiger partial charge is 0.273 e. The molecule has 7 heteroatoms. The Bertz CT molecular complexity index is 744. The van der Waals surface area contributed by atoms with Crippen LogP contribution in [0.5, 0.6) is 0 Å². The molecule has 1 heterocycles. The molecule has 1 aromatic heterocycles. The number of benzene rings is 1. The third-order valence-electron chi connectivity index (χ3n) is 2.86. The molecule has 6 nitrogen and oxygen atoms in total. The number of aryl methyl sites for hydroxylation is 1. The van der Waals surface area contributed by atoms with Gasteiger partial charge in [0.1, 0.15) is 5.71 Å². The highest BCUT2D eigenvalue weighted by Gasteiger charge is 2.09. The molecule has 1 aromatic carbocycles. The van der Waals surface area contributed by atoms with Crippen molar-refractivity contribution < 1.29 is 10.0 Å². The number of aromatic nitrogens is 1. The maximum atomic E-state index is 12.1. The zero-order valence-corrected chi connectivity index (χ0v) is 12.4. The molecule has 0 radical (unpaired) electrons. The minimum atomic E-state index is -0.406. The first-order valence-electron chi connectivity index (χ1n) is 6.34. The molecule has 0 saturated carbocycles. The van der Waals surface area contributed by atoms with Crippen LogP contribution < -0.4 is 5.43 Å². The third kappa shape index (κ3) is 3.89. The topological polar surface area (TPSA) is 86.9 Å². The van der Waals surface area contributed by atoms with Gasteiger partial charge >= 0.3 is 0 Å². The average Bonchev–Trinajstić information content (AvgIpc) is 2.51. The van der Waals surface area contributed by atoms with E-state index >= 15 is 0 Å². The number of hydrogen-bond acceptors (Lipinski definition) is 5. The van der Waals surface area contributed by atoms with Gasteiger partial charge in [0.2, 0.25) is 0 Å². The molecular formula is C15H13ClN4O2. The van der Waals surface area contributed by atoms with Crippen LogP contribution in [0, 0.1) is 6.92 Å². The number of halogens is 1. The van der Waals surface area contributed by atoms with Gasteiger partial charge in [0.25, 0.3) is 5.91 Å². The summed E-state index contributed by atoms with van der Waals surface area (Å²) in [7, 11) is 0. The van der Waals surface area contributed by atoms with Crippen LogP contribution in [0.15, 0.2) is 53.0 Å². The van der Waals surface area contributed by atoms with Gasteiger partial charge in [-0.15, -0.1) is 0 Å².